The fourth-order valence-electron chi connectivity index (χ4n) is 4.50. The Morgan fingerprint density at radius 2 is 1.94 bits per heavy atom. The minimum Gasteiger partial charge on any atom is -0.486 e. The maximum Gasteiger partial charge on any atom is 0.255 e. The van der Waals surface area contributed by atoms with E-state index in [4.69, 9.17) is 14.5 Å². The lowest BCUT2D eigenvalue weighted by Crippen LogP contribution is -2.33. The minimum absolute atomic E-state index is 0.0207. The molecule has 3 aromatic heterocycles. The molecule has 0 bridgehead atoms. The molecule has 8 nitrogen and oxygen atoms in total. The van der Waals surface area contributed by atoms with Crippen molar-refractivity contribution in [1.29, 1.82) is 0 Å². The summed E-state index contributed by atoms with van der Waals surface area (Å²) in [5, 5.41) is 5.33. The molecule has 6 rings (SSSR count). The number of amides is 1. The van der Waals surface area contributed by atoms with E-state index in [1.54, 1.807) is 12.4 Å². The lowest BCUT2D eigenvalue weighted by molar-refractivity contribution is 0.0729. The van der Waals surface area contributed by atoms with Crippen molar-refractivity contribution in [1.82, 2.24) is 24.6 Å². The smallest absolute Gasteiger partial charge is 0.255 e. The van der Waals surface area contributed by atoms with Crippen LogP contribution in [-0.4, -0.2) is 49.8 Å². The van der Waals surface area contributed by atoms with Gasteiger partial charge in [-0.3, -0.25) is 9.78 Å². The minimum atomic E-state index is -0.0207. The van der Waals surface area contributed by atoms with E-state index in [9.17, 15) is 4.79 Å². The number of aromatic nitrogens is 4. The first-order valence-electron chi connectivity index (χ1n) is 12.1. The summed E-state index contributed by atoms with van der Waals surface area (Å²) in [5.41, 5.74) is 3.75. The summed E-state index contributed by atoms with van der Waals surface area (Å²) in [4.78, 5) is 25.4. The van der Waals surface area contributed by atoms with E-state index in [1.165, 1.54) is 0 Å². The molecule has 0 saturated heterocycles. The Morgan fingerprint density at radius 1 is 1.11 bits per heavy atom. The van der Waals surface area contributed by atoms with Crippen LogP contribution in [-0.2, 0) is 6.54 Å². The number of hydrogen-bond donors (Lipinski definition) is 0. The van der Waals surface area contributed by atoms with Gasteiger partial charge >= 0.3 is 0 Å². The topological polar surface area (TPSA) is 82.4 Å². The summed E-state index contributed by atoms with van der Waals surface area (Å²) < 4.78 is 13.3. The first-order valence-corrected chi connectivity index (χ1v) is 12.1. The standard InChI is InChI=1S/C27H27N5O3/c1-17(2)32-26-22(15-29-32)21(27(33)31(20-7-8-20)16-19-5-3-4-10-28-19)14-23(30-26)18-6-9-24-25(13-18)35-12-11-34-24/h3-6,9-10,13-15,17,20H,7-8,11-12,16H2,1-2H3. The maximum absolute atomic E-state index is 14.0. The highest BCUT2D eigenvalue weighted by atomic mass is 16.6. The molecule has 1 aliphatic heterocycles. The average Bonchev–Trinajstić information content (AvgIpc) is 3.64. The van der Waals surface area contributed by atoms with Crippen molar-refractivity contribution in [2.24, 2.45) is 0 Å². The van der Waals surface area contributed by atoms with E-state index in [2.05, 4.69) is 23.9 Å². The summed E-state index contributed by atoms with van der Waals surface area (Å²) in [6.45, 7) is 5.65. The Bertz CT molecular complexity index is 1390. The molecular weight excluding hydrogens is 442 g/mol. The van der Waals surface area contributed by atoms with Crippen molar-refractivity contribution in [3.05, 3.63) is 66.1 Å². The third-order valence-electron chi connectivity index (χ3n) is 6.43. The second-order valence-corrected chi connectivity index (χ2v) is 9.32. The van der Waals surface area contributed by atoms with Crippen molar-refractivity contribution in [3.8, 4) is 22.8 Å². The van der Waals surface area contributed by atoms with Crippen LogP contribution in [0.3, 0.4) is 0 Å². The Hall–Kier alpha value is -3.94. The van der Waals surface area contributed by atoms with Gasteiger partial charge in [-0.25, -0.2) is 9.67 Å². The van der Waals surface area contributed by atoms with Crippen molar-refractivity contribution < 1.29 is 14.3 Å². The van der Waals surface area contributed by atoms with Crippen LogP contribution in [0.5, 0.6) is 11.5 Å². The SMILES string of the molecule is CC(C)n1ncc2c(C(=O)N(Cc3ccccn3)C3CC3)cc(-c3ccc4c(c3)OCCO4)nc21. The summed E-state index contributed by atoms with van der Waals surface area (Å²) in [6, 6.07) is 13.8. The van der Waals surface area contributed by atoms with Crippen molar-refractivity contribution >= 4 is 16.9 Å². The molecule has 0 atom stereocenters. The molecule has 4 aromatic rings. The van der Waals surface area contributed by atoms with Crippen LogP contribution in [0.1, 0.15) is 48.8 Å². The van der Waals surface area contributed by atoms with Gasteiger partial charge in [-0.2, -0.15) is 5.10 Å². The Balaban J connectivity index is 1.46. The summed E-state index contributed by atoms with van der Waals surface area (Å²) in [7, 11) is 0. The van der Waals surface area contributed by atoms with Gasteiger partial charge in [-0.15, -0.1) is 0 Å². The summed E-state index contributed by atoms with van der Waals surface area (Å²) >= 11 is 0. The molecule has 1 aromatic carbocycles. The Labute approximate surface area is 203 Å². The van der Waals surface area contributed by atoms with Crippen LogP contribution in [0, 0.1) is 0 Å². The molecule has 0 spiro atoms. The number of carbonyl (C=O) groups excluding carboxylic acids is 1. The van der Waals surface area contributed by atoms with Gasteiger partial charge in [0.25, 0.3) is 5.91 Å². The molecule has 2 aliphatic rings. The second-order valence-electron chi connectivity index (χ2n) is 9.32. The van der Waals surface area contributed by atoms with Crippen molar-refractivity contribution in [2.45, 2.75) is 45.3 Å². The molecule has 1 fully saturated rings. The van der Waals surface area contributed by atoms with Gasteiger partial charge in [0.05, 0.1) is 35.1 Å². The monoisotopic (exact) mass is 469 g/mol. The molecule has 1 saturated carbocycles. The quantitative estimate of drug-likeness (QED) is 0.409. The fraction of sp³-hybridized carbons (Fsp3) is 0.333. The number of pyridine rings is 2. The lowest BCUT2D eigenvalue weighted by Gasteiger charge is -2.23. The van der Waals surface area contributed by atoms with Crippen molar-refractivity contribution in [3.63, 3.8) is 0 Å². The van der Waals surface area contributed by atoms with Crippen LogP contribution in [0.4, 0.5) is 0 Å². The van der Waals surface area contributed by atoms with E-state index >= 15 is 0 Å². The number of ether oxygens (including phenoxy) is 2. The third kappa shape index (κ3) is 4.09. The van der Waals surface area contributed by atoms with Gasteiger partial charge in [0.1, 0.15) is 13.2 Å². The molecule has 8 heteroatoms. The lowest BCUT2D eigenvalue weighted by atomic mass is 10.0. The van der Waals surface area contributed by atoms with E-state index in [0.29, 0.717) is 42.4 Å². The van der Waals surface area contributed by atoms with Crippen LogP contribution in [0.15, 0.2) is 54.9 Å². The van der Waals surface area contributed by atoms with Crippen LogP contribution >= 0.6 is 0 Å². The van der Waals surface area contributed by atoms with E-state index < -0.39 is 0 Å². The van der Waals surface area contributed by atoms with Gasteiger partial charge in [0.2, 0.25) is 0 Å². The number of rotatable bonds is 6. The zero-order chi connectivity index (χ0) is 23.9. The van der Waals surface area contributed by atoms with Gasteiger partial charge < -0.3 is 14.4 Å². The molecule has 0 N–H and O–H groups in total. The maximum atomic E-state index is 14.0. The van der Waals surface area contributed by atoms with Crippen LogP contribution in [0.2, 0.25) is 0 Å². The van der Waals surface area contributed by atoms with E-state index in [0.717, 1.165) is 35.2 Å². The molecule has 35 heavy (non-hydrogen) atoms. The molecular formula is C27H27N5O3. The molecule has 4 heterocycles. The van der Waals surface area contributed by atoms with Gasteiger partial charge in [0.15, 0.2) is 17.1 Å². The number of benzene rings is 1. The van der Waals surface area contributed by atoms with Gasteiger partial charge in [-0.05, 0) is 63.1 Å². The first kappa shape index (κ1) is 21.6. The third-order valence-corrected chi connectivity index (χ3v) is 6.43. The Kier molecular flexibility index (Phi) is 5.36. The summed E-state index contributed by atoms with van der Waals surface area (Å²) in [5.74, 6) is 1.39. The van der Waals surface area contributed by atoms with Crippen LogP contribution < -0.4 is 9.47 Å². The molecule has 178 valence electrons. The normalized spacial score (nSPS) is 14.9. The molecule has 1 aliphatic carbocycles. The highest BCUT2D eigenvalue weighted by Gasteiger charge is 2.34. The number of fused-ring (bicyclic) bond motifs is 2. The Morgan fingerprint density at radius 3 is 2.69 bits per heavy atom. The molecule has 0 unspecified atom stereocenters. The highest BCUT2D eigenvalue weighted by molar-refractivity contribution is 6.06. The fourth-order valence-corrected chi connectivity index (χ4v) is 4.50. The predicted molar refractivity (Wildman–Crippen MR) is 131 cm³/mol. The second kappa shape index (κ2) is 8.69. The van der Waals surface area contributed by atoms with Crippen LogP contribution in [0.25, 0.3) is 22.3 Å². The van der Waals surface area contributed by atoms with Crippen molar-refractivity contribution in [2.75, 3.05) is 13.2 Å². The molecule has 0 radical (unpaired) electrons. The predicted octanol–water partition coefficient (Wildman–Crippen LogP) is 4.65. The van der Waals surface area contributed by atoms with E-state index in [1.807, 2.05) is 52.0 Å². The average molecular weight is 470 g/mol. The first-order chi connectivity index (χ1) is 17.1. The van der Waals surface area contributed by atoms with Gasteiger partial charge in [0, 0.05) is 23.8 Å². The molecule has 1 amide bonds. The number of carbonyl (C=O) groups is 1. The number of nitrogens with zero attached hydrogens (tertiary/aromatic N) is 5. The highest BCUT2D eigenvalue weighted by Crippen LogP contribution is 2.36. The summed E-state index contributed by atoms with van der Waals surface area (Å²) in [6.07, 6.45) is 5.54. The largest absolute Gasteiger partial charge is 0.486 e. The number of hydrogen-bond acceptors (Lipinski definition) is 6. The zero-order valence-corrected chi connectivity index (χ0v) is 19.8. The van der Waals surface area contributed by atoms with E-state index in [-0.39, 0.29) is 18.0 Å². The van der Waals surface area contributed by atoms with Gasteiger partial charge in [-0.1, -0.05) is 6.07 Å². The zero-order valence-electron chi connectivity index (χ0n) is 19.8.